The van der Waals surface area contributed by atoms with Gasteiger partial charge in [0.05, 0.1) is 5.56 Å². The molecule has 0 aliphatic heterocycles. The van der Waals surface area contributed by atoms with E-state index < -0.39 is 29.1 Å². The maximum absolute atomic E-state index is 13.9. The molecule has 0 saturated heterocycles. The number of terminal acetylenes is 1. The van der Waals surface area contributed by atoms with Gasteiger partial charge in [0.15, 0.2) is 12.4 Å². The Morgan fingerprint density at radius 3 is 2.78 bits per heavy atom. The van der Waals surface area contributed by atoms with Crippen LogP contribution in [0.5, 0.6) is 5.88 Å². The molecule has 1 fully saturated rings. The second kappa shape index (κ2) is 7.40. The summed E-state index contributed by atoms with van der Waals surface area (Å²) < 4.78 is 32.5. The first-order valence-corrected chi connectivity index (χ1v) is 7.66. The van der Waals surface area contributed by atoms with Crippen LogP contribution in [0.3, 0.4) is 0 Å². The third kappa shape index (κ3) is 4.41. The van der Waals surface area contributed by atoms with Gasteiger partial charge in [-0.05, 0) is 24.3 Å². The van der Waals surface area contributed by atoms with Crippen LogP contribution in [-0.2, 0) is 0 Å². The molecule has 0 unspecified atom stereocenters. The Morgan fingerprint density at radius 1 is 1.43 bits per heavy atom. The molecule has 1 aromatic heterocycles. The predicted molar refractivity (Wildman–Crippen MR) is 82.0 cm³/mol. The zero-order valence-electron chi connectivity index (χ0n) is 13.1. The number of halogens is 2. The summed E-state index contributed by atoms with van der Waals surface area (Å²) in [6.07, 6.45) is 10.5. The summed E-state index contributed by atoms with van der Waals surface area (Å²) in [5, 5.41) is 2.68. The van der Waals surface area contributed by atoms with Crippen LogP contribution in [-0.4, -0.2) is 24.0 Å². The summed E-state index contributed by atoms with van der Waals surface area (Å²) in [6, 6.07) is 0.784. The van der Waals surface area contributed by atoms with Gasteiger partial charge in [0.2, 0.25) is 5.95 Å². The number of pyridine rings is 1. The molecule has 1 aromatic rings. The minimum absolute atomic E-state index is 0.00616. The molecule has 0 radical (unpaired) electrons. The zero-order chi connectivity index (χ0) is 16.9. The van der Waals surface area contributed by atoms with Crippen LogP contribution in [0.25, 0.3) is 0 Å². The van der Waals surface area contributed by atoms with Gasteiger partial charge in [0.1, 0.15) is 0 Å². The molecule has 1 heterocycles. The van der Waals surface area contributed by atoms with Crippen LogP contribution >= 0.6 is 0 Å². The predicted octanol–water partition coefficient (Wildman–Crippen LogP) is 3.07. The van der Waals surface area contributed by atoms with E-state index in [1.807, 2.05) is 0 Å². The minimum atomic E-state index is -1.08. The molecule has 1 saturated carbocycles. The summed E-state index contributed by atoms with van der Waals surface area (Å²) >= 11 is 0. The number of amides is 1. The SMILES string of the molecule is C#CCOc1nc(F)c(C(=O)NCC2(C)CCCCC2)cc1F. The van der Waals surface area contributed by atoms with E-state index in [0.29, 0.717) is 6.54 Å². The van der Waals surface area contributed by atoms with E-state index in [2.05, 4.69) is 23.1 Å². The maximum atomic E-state index is 13.9. The van der Waals surface area contributed by atoms with Crippen LogP contribution in [0.4, 0.5) is 8.78 Å². The Hall–Kier alpha value is -2.16. The first-order valence-electron chi connectivity index (χ1n) is 7.66. The number of rotatable bonds is 5. The molecule has 2 rings (SSSR count). The number of ether oxygens (including phenoxy) is 1. The molecule has 1 N–H and O–H groups in total. The van der Waals surface area contributed by atoms with Crippen LogP contribution in [0, 0.1) is 29.5 Å². The first-order chi connectivity index (χ1) is 10.9. The number of hydrogen-bond acceptors (Lipinski definition) is 3. The molecule has 1 aliphatic carbocycles. The highest BCUT2D eigenvalue weighted by atomic mass is 19.1. The summed E-state index contributed by atoms with van der Waals surface area (Å²) in [4.78, 5) is 15.4. The molecule has 23 heavy (non-hydrogen) atoms. The van der Waals surface area contributed by atoms with E-state index >= 15 is 0 Å². The van der Waals surface area contributed by atoms with Gasteiger partial charge >= 0.3 is 0 Å². The fourth-order valence-corrected chi connectivity index (χ4v) is 2.79. The average Bonchev–Trinajstić information content (AvgIpc) is 2.54. The second-order valence-corrected chi connectivity index (χ2v) is 6.16. The summed E-state index contributed by atoms with van der Waals surface area (Å²) in [6.45, 7) is 2.30. The smallest absolute Gasteiger partial charge is 0.256 e. The molecule has 1 amide bonds. The number of nitrogens with zero attached hydrogens (tertiary/aromatic N) is 1. The van der Waals surface area contributed by atoms with Crippen LogP contribution < -0.4 is 10.1 Å². The van der Waals surface area contributed by atoms with E-state index in [4.69, 9.17) is 11.2 Å². The van der Waals surface area contributed by atoms with E-state index in [1.54, 1.807) is 0 Å². The molecule has 0 bridgehead atoms. The van der Waals surface area contributed by atoms with Crippen molar-refractivity contribution >= 4 is 5.91 Å². The molecule has 1 aliphatic rings. The number of carbonyl (C=O) groups excluding carboxylic acids is 1. The fraction of sp³-hybridized carbons (Fsp3) is 0.529. The van der Waals surface area contributed by atoms with Gasteiger partial charge in [-0.2, -0.15) is 9.37 Å². The Labute approximate surface area is 134 Å². The van der Waals surface area contributed by atoms with Crippen molar-refractivity contribution in [2.24, 2.45) is 5.41 Å². The quantitative estimate of drug-likeness (QED) is 0.669. The number of hydrogen-bond donors (Lipinski definition) is 1. The van der Waals surface area contributed by atoms with Crippen molar-refractivity contribution in [2.45, 2.75) is 39.0 Å². The Bertz CT molecular complexity index is 620. The lowest BCUT2D eigenvalue weighted by atomic mass is 9.76. The molecule has 6 heteroatoms. The highest BCUT2D eigenvalue weighted by molar-refractivity contribution is 5.94. The molecule has 4 nitrogen and oxygen atoms in total. The minimum Gasteiger partial charge on any atom is -0.462 e. The van der Waals surface area contributed by atoms with Crippen molar-refractivity contribution < 1.29 is 18.3 Å². The van der Waals surface area contributed by atoms with Gasteiger partial charge in [-0.3, -0.25) is 4.79 Å². The van der Waals surface area contributed by atoms with Gasteiger partial charge in [0.25, 0.3) is 11.8 Å². The topological polar surface area (TPSA) is 51.2 Å². The Balaban J connectivity index is 2.04. The van der Waals surface area contributed by atoms with Crippen LogP contribution in [0.15, 0.2) is 6.07 Å². The van der Waals surface area contributed by atoms with Crippen molar-refractivity contribution in [3.8, 4) is 18.2 Å². The lowest BCUT2D eigenvalue weighted by molar-refractivity contribution is 0.0913. The average molecular weight is 322 g/mol. The molecular formula is C17H20F2N2O2. The lowest BCUT2D eigenvalue weighted by Gasteiger charge is -2.33. The number of carbonyl (C=O) groups is 1. The van der Waals surface area contributed by atoms with Gasteiger partial charge in [-0.1, -0.05) is 32.1 Å². The Morgan fingerprint density at radius 2 is 2.13 bits per heavy atom. The summed E-state index contributed by atoms with van der Waals surface area (Å²) in [7, 11) is 0. The van der Waals surface area contributed by atoms with Crippen LogP contribution in [0.1, 0.15) is 49.4 Å². The molecule has 0 aromatic carbocycles. The van der Waals surface area contributed by atoms with E-state index in [9.17, 15) is 13.6 Å². The highest BCUT2D eigenvalue weighted by Gasteiger charge is 2.28. The van der Waals surface area contributed by atoms with E-state index in [1.165, 1.54) is 6.42 Å². The van der Waals surface area contributed by atoms with Crippen molar-refractivity contribution in [3.05, 3.63) is 23.4 Å². The van der Waals surface area contributed by atoms with Crippen LogP contribution in [0.2, 0.25) is 0 Å². The normalized spacial score (nSPS) is 16.4. The second-order valence-electron chi connectivity index (χ2n) is 6.16. The van der Waals surface area contributed by atoms with E-state index in [0.717, 1.165) is 31.7 Å². The molecule has 0 spiro atoms. The highest BCUT2D eigenvalue weighted by Crippen LogP contribution is 2.35. The van der Waals surface area contributed by atoms with Crippen molar-refractivity contribution in [1.29, 1.82) is 0 Å². The third-order valence-corrected chi connectivity index (χ3v) is 4.17. The van der Waals surface area contributed by atoms with Crippen molar-refractivity contribution in [2.75, 3.05) is 13.2 Å². The van der Waals surface area contributed by atoms with Gasteiger partial charge in [-0.25, -0.2) is 4.39 Å². The van der Waals surface area contributed by atoms with Gasteiger partial charge in [-0.15, -0.1) is 6.42 Å². The standard InChI is InChI=1S/C17H20F2N2O2/c1-3-9-23-16-13(18)10-12(14(19)21-16)15(22)20-11-17(2)7-5-4-6-8-17/h1,10H,4-9,11H2,2H3,(H,20,22). The van der Waals surface area contributed by atoms with E-state index in [-0.39, 0.29) is 12.0 Å². The molecular weight excluding hydrogens is 302 g/mol. The molecule has 124 valence electrons. The third-order valence-electron chi connectivity index (χ3n) is 4.17. The molecule has 0 atom stereocenters. The summed E-state index contributed by atoms with van der Waals surface area (Å²) in [5.41, 5.74) is -0.429. The largest absolute Gasteiger partial charge is 0.462 e. The van der Waals surface area contributed by atoms with Crippen molar-refractivity contribution in [3.63, 3.8) is 0 Å². The van der Waals surface area contributed by atoms with Crippen molar-refractivity contribution in [1.82, 2.24) is 10.3 Å². The maximum Gasteiger partial charge on any atom is 0.256 e. The Kier molecular flexibility index (Phi) is 5.54. The number of aromatic nitrogens is 1. The lowest BCUT2D eigenvalue weighted by Crippen LogP contribution is -2.37. The van der Waals surface area contributed by atoms with Gasteiger partial charge < -0.3 is 10.1 Å². The zero-order valence-corrected chi connectivity index (χ0v) is 13.1. The fourth-order valence-electron chi connectivity index (χ4n) is 2.79. The van der Waals surface area contributed by atoms with Gasteiger partial charge in [0, 0.05) is 6.54 Å². The number of nitrogens with one attached hydrogen (secondary N) is 1. The summed E-state index contributed by atoms with van der Waals surface area (Å²) in [5.74, 6) is -1.09. The monoisotopic (exact) mass is 322 g/mol. The first kappa shape index (κ1) is 17.2.